The third kappa shape index (κ3) is 5.80. The summed E-state index contributed by atoms with van der Waals surface area (Å²) in [6.45, 7) is 3.69. The van der Waals surface area contributed by atoms with Crippen LogP contribution >= 0.6 is 22.9 Å². The van der Waals surface area contributed by atoms with Crippen LogP contribution in [-0.4, -0.2) is 31.5 Å². The van der Waals surface area contributed by atoms with Gasteiger partial charge in [-0.05, 0) is 43.7 Å². The molecule has 0 aliphatic heterocycles. The molecule has 3 N–H and O–H groups in total. The fourth-order valence-electron chi connectivity index (χ4n) is 4.40. The number of primary amides is 1. The molecular formula is C27H20ClF3N6O6S. The van der Waals surface area contributed by atoms with Gasteiger partial charge in [-0.1, -0.05) is 11.6 Å². The van der Waals surface area contributed by atoms with E-state index in [1.807, 2.05) is 6.92 Å². The number of pyridine rings is 1. The van der Waals surface area contributed by atoms with Crippen LogP contribution < -0.4 is 15.8 Å². The van der Waals surface area contributed by atoms with E-state index in [1.54, 1.807) is 11.6 Å². The number of carbonyl (C=O) groups is 2. The second kappa shape index (κ2) is 11.6. The van der Waals surface area contributed by atoms with E-state index in [0.717, 1.165) is 12.1 Å². The van der Waals surface area contributed by atoms with Crippen LogP contribution in [0.5, 0.6) is 5.75 Å². The number of anilines is 1. The molecule has 0 atom stereocenters. The van der Waals surface area contributed by atoms with Crippen LogP contribution in [0.25, 0.3) is 21.3 Å². The van der Waals surface area contributed by atoms with Crippen molar-refractivity contribution >= 4 is 56.3 Å². The van der Waals surface area contributed by atoms with Gasteiger partial charge in [-0.25, -0.2) is 4.98 Å². The molecule has 44 heavy (non-hydrogen) atoms. The summed E-state index contributed by atoms with van der Waals surface area (Å²) in [5.74, 6) is -1.92. The largest absolute Gasteiger partial charge is 0.484 e. The maximum atomic E-state index is 13.8. The molecule has 0 aliphatic rings. The lowest BCUT2D eigenvalue weighted by molar-refractivity contribution is -0.384. The van der Waals surface area contributed by atoms with Gasteiger partial charge in [0, 0.05) is 29.3 Å². The second-order valence-electron chi connectivity index (χ2n) is 9.24. The minimum atomic E-state index is -4.81. The van der Waals surface area contributed by atoms with Gasteiger partial charge in [0.25, 0.3) is 17.5 Å². The molecule has 0 aliphatic carbocycles. The van der Waals surface area contributed by atoms with Crippen molar-refractivity contribution in [1.82, 2.24) is 14.8 Å². The van der Waals surface area contributed by atoms with Crippen molar-refractivity contribution in [2.75, 3.05) is 5.32 Å². The third-order valence-electron chi connectivity index (χ3n) is 6.49. The number of alkyl halides is 3. The molecule has 2 amide bonds. The van der Waals surface area contributed by atoms with E-state index in [9.17, 15) is 32.9 Å². The zero-order valence-electron chi connectivity index (χ0n) is 22.7. The number of halogens is 4. The Kier molecular flexibility index (Phi) is 8.05. The Bertz CT molecular complexity index is 1950. The van der Waals surface area contributed by atoms with E-state index in [2.05, 4.69) is 15.4 Å². The van der Waals surface area contributed by atoms with Crippen LogP contribution in [0.1, 0.15) is 44.3 Å². The van der Waals surface area contributed by atoms with Gasteiger partial charge in [-0.2, -0.15) is 18.3 Å². The van der Waals surface area contributed by atoms with Crippen molar-refractivity contribution in [2.45, 2.75) is 33.2 Å². The van der Waals surface area contributed by atoms with Gasteiger partial charge in [-0.3, -0.25) is 24.4 Å². The Morgan fingerprint density at radius 1 is 1.23 bits per heavy atom. The number of benzene rings is 1. The van der Waals surface area contributed by atoms with E-state index in [-0.39, 0.29) is 60.9 Å². The van der Waals surface area contributed by atoms with Crippen molar-refractivity contribution in [3.8, 4) is 16.9 Å². The highest BCUT2D eigenvalue weighted by atomic mass is 35.5. The molecule has 228 valence electrons. The molecule has 0 fully saturated rings. The Morgan fingerprint density at radius 2 is 1.98 bits per heavy atom. The molecule has 0 saturated carbocycles. The number of carbonyl (C=O) groups excluding carboxylic acids is 2. The number of thiophene rings is 1. The molecule has 12 nitrogen and oxygen atoms in total. The molecule has 1 aromatic carbocycles. The number of nitro groups is 1. The monoisotopic (exact) mass is 648 g/mol. The number of aryl methyl sites for hydroxylation is 1. The van der Waals surface area contributed by atoms with Crippen molar-refractivity contribution < 1.29 is 36.8 Å². The molecule has 0 unspecified atom stereocenters. The topological polar surface area (TPSA) is 168 Å². The summed E-state index contributed by atoms with van der Waals surface area (Å²) in [4.78, 5) is 39.4. The Labute approximate surface area is 254 Å². The number of amides is 2. The fourth-order valence-corrected chi connectivity index (χ4v) is 5.58. The number of hydrogen-bond acceptors (Lipinski definition) is 9. The number of non-ortho nitro benzene ring substituents is 1. The maximum absolute atomic E-state index is 13.8. The first-order valence-electron chi connectivity index (χ1n) is 12.6. The van der Waals surface area contributed by atoms with Crippen molar-refractivity contribution in [1.29, 1.82) is 0 Å². The average Bonchev–Trinajstić information content (AvgIpc) is 3.68. The van der Waals surface area contributed by atoms with Gasteiger partial charge in [0.2, 0.25) is 0 Å². The molecule has 0 radical (unpaired) electrons. The predicted octanol–water partition coefficient (Wildman–Crippen LogP) is 6.59. The summed E-state index contributed by atoms with van der Waals surface area (Å²) in [5.41, 5.74) is 4.92. The maximum Gasteiger partial charge on any atom is 0.433 e. The number of ether oxygens (including phenoxy) is 1. The van der Waals surface area contributed by atoms with Crippen molar-refractivity contribution in [2.24, 2.45) is 5.73 Å². The van der Waals surface area contributed by atoms with E-state index >= 15 is 0 Å². The SMILES string of the molecule is CCn1ncc(-c2cc(C(F)(F)F)nc3sc(C(N)=O)c(NC(=O)c4ccc(COc5cc([N+](=O)[O-])ccc5Cl)o4)c23)c1C. The van der Waals surface area contributed by atoms with Gasteiger partial charge in [0.15, 0.2) is 5.76 Å². The molecule has 0 saturated heterocycles. The highest BCUT2D eigenvalue weighted by molar-refractivity contribution is 7.21. The quantitative estimate of drug-likeness (QED) is 0.133. The summed E-state index contributed by atoms with van der Waals surface area (Å²) >= 11 is 6.65. The van der Waals surface area contributed by atoms with Crippen molar-refractivity contribution in [3.63, 3.8) is 0 Å². The van der Waals surface area contributed by atoms with Gasteiger partial charge >= 0.3 is 6.18 Å². The van der Waals surface area contributed by atoms with Gasteiger partial charge in [0.05, 0.1) is 27.9 Å². The van der Waals surface area contributed by atoms with Crippen LogP contribution in [0.4, 0.5) is 24.5 Å². The standard InChI is InChI=1S/C27H20ClF3N6O6S/c1-3-36-12(2)16(10-33-36)15-9-20(27(29,30)31)34-26-21(15)22(23(44-26)24(32)38)35-25(39)18-7-5-14(43-18)11-42-19-8-13(37(40)41)4-6-17(19)28/h4-10H,3,11H2,1-2H3,(H2,32,38)(H,35,39). The minimum absolute atomic E-state index is 0.0130. The number of nitrogens with one attached hydrogen (secondary N) is 1. The lowest BCUT2D eigenvalue weighted by atomic mass is 10.0. The number of nitrogens with two attached hydrogens (primary N) is 1. The molecule has 0 spiro atoms. The van der Waals surface area contributed by atoms with E-state index in [0.29, 0.717) is 29.1 Å². The van der Waals surface area contributed by atoms with Crippen molar-refractivity contribution in [3.05, 3.63) is 85.5 Å². The predicted molar refractivity (Wildman–Crippen MR) is 154 cm³/mol. The number of aromatic nitrogens is 3. The van der Waals surface area contributed by atoms with E-state index < -0.39 is 28.6 Å². The number of rotatable bonds is 9. The van der Waals surface area contributed by atoms with Gasteiger partial charge in [0.1, 0.15) is 33.5 Å². The zero-order valence-corrected chi connectivity index (χ0v) is 24.3. The van der Waals surface area contributed by atoms with Crippen LogP contribution in [0.15, 0.2) is 47.0 Å². The molecule has 5 aromatic rings. The first-order chi connectivity index (χ1) is 20.8. The van der Waals surface area contributed by atoms with E-state index in [4.69, 9.17) is 26.5 Å². The summed E-state index contributed by atoms with van der Waals surface area (Å²) in [6, 6.07) is 7.19. The number of furan rings is 1. The van der Waals surface area contributed by atoms with Crippen LogP contribution in [-0.2, 0) is 19.3 Å². The second-order valence-corrected chi connectivity index (χ2v) is 10.6. The van der Waals surface area contributed by atoms with Gasteiger partial charge in [-0.15, -0.1) is 11.3 Å². The Morgan fingerprint density at radius 3 is 2.61 bits per heavy atom. The summed E-state index contributed by atoms with van der Waals surface area (Å²) in [5, 5.41) is 18.0. The summed E-state index contributed by atoms with van der Waals surface area (Å²) in [7, 11) is 0. The third-order valence-corrected chi connectivity index (χ3v) is 7.90. The molecule has 17 heteroatoms. The highest BCUT2D eigenvalue weighted by Crippen LogP contribution is 2.44. The smallest absolute Gasteiger partial charge is 0.433 e. The minimum Gasteiger partial charge on any atom is -0.484 e. The molecule has 5 rings (SSSR count). The first-order valence-corrected chi connectivity index (χ1v) is 13.8. The first kappa shape index (κ1) is 30.5. The van der Waals surface area contributed by atoms with Crippen LogP contribution in [0.3, 0.4) is 0 Å². The molecule has 4 aromatic heterocycles. The molecular weight excluding hydrogens is 629 g/mol. The van der Waals surface area contributed by atoms with Crippen LogP contribution in [0, 0.1) is 17.0 Å². The Hall–Kier alpha value is -4.96. The average molecular weight is 649 g/mol. The lowest BCUT2D eigenvalue weighted by Gasteiger charge is -2.12. The lowest BCUT2D eigenvalue weighted by Crippen LogP contribution is -2.16. The number of nitro benzene ring substituents is 1. The van der Waals surface area contributed by atoms with Gasteiger partial charge < -0.3 is 20.2 Å². The summed E-state index contributed by atoms with van der Waals surface area (Å²) in [6.07, 6.45) is -3.41. The molecule has 4 heterocycles. The number of fused-ring (bicyclic) bond motifs is 1. The van der Waals surface area contributed by atoms with E-state index in [1.165, 1.54) is 30.5 Å². The van der Waals surface area contributed by atoms with Crippen LogP contribution in [0.2, 0.25) is 5.02 Å². The zero-order chi connectivity index (χ0) is 31.9. The normalized spacial score (nSPS) is 11.6. The Balaban J connectivity index is 1.51. The summed E-state index contributed by atoms with van der Waals surface area (Å²) < 4.78 is 54.2. The highest BCUT2D eigenvalue weighted by Gasteiger charge is 2.35. The number of hydrogen-bond donors (Lipinski definition) is 2. The number of nitrogens with zero attached hydrogens (tertiary/aromatic N) is 4. The fraction of sp³-hybridized carbons (Fsp3) is 0.185. The molecule has 0 bridgehead atoms.